The van der Waals surface area contributed by atoms with Gasteiger partial charge in [-0.3, -0.25) is 13.7 Å². The molecule has 0 aliphatic heterocycles. The number of para-hydroxylation sites is 4. The van der Waals surface area contributed by atoms with Crippen molar-refractivity contribution < 1.29 is 4.42 Å². The summed E-state index contributed by atoms with van der Waals surface area (Å²) in [5.74, 6) is 3.17. The van der Waals surface area contributed by atoms with Crippen LogP contribution in [0, 0.1) is 0 Å². The number of hydrogen-bond acceptors (Lipinski definition) is 8. The van der Waals surface area contributed by atoms with Crippen LogP contribution < -0.4 is 0 Å². The van der Waals surface area contributed by atoms with Gasteiger partial charge in [-0.1, -0.05) is 388 Å². The summed E-state index contributed by atoms with van der Waals surface area (Å²) in [5, 5.41) is 23.9. The maximum atomic E-state index is 6.32. The average molecular weight is 1850 g/mol. The van der Waals surface area contributed by atoms with E-state index in [1.54, 1.807) is 0 Å². The van der Waals surface area contributed by atoms with Crippen LogP contribution in [0.3, 0.4) is 0 Å². The van der Waals surface area contributed by atoms with E-state index in [0.29, 0.717) is 29.5 Å². The van der Waals surface area contributed by atoms with Crippen molar-refractivity contribution in [3.8, 4) is 130 Å². The van der Waals surface area contributed by atoms with Gasteiger partial charge in [0.2, 0.25) is 17.8 Å². The van der Waals surface area contributed by atoms with Crippen LogP contribution in [-0.4, -0.2) is 53.0 Å². The zero-order chi connectivity index (χ0) is 94.7. The largest absolute Gasteiger partial charge is 0.456 e. The van der Waals surface area contributed by atoms with E-state index in [0.717, 1.165) is 127 Å². The summed E-state index contributed by atoms with van der Waals surface area (Å²) in [6.45, 7) is 0. The molecule has 9 heterocycles. The summed E-state index contributed by atoms with van der Waals surface area (Å²) in [6, 6.07) is 166. The van der Waals surface area contributed by atoms with Crippen molar-refractivity contribution in [3.63, 3.8) is 0 Å². The van der Waals surface area contributed by atoms with E-state index in [4.69, 9.17) is 39.3 Å². The third-order valence-corrected chi connectivity index (χ3v) is 30.2. The molecule has 12 nitrogen and oxygen atoms in total. The SMILES string of the molecule is c1ccc(-c2ccc(-c3nc(-c4ccc(-c5ccccc5)cc4)nc(-n4c5cccc6c5c5c7c(cccc7ccc54)-c4ccccc4-6)n3)cc2)cc1.c1ccc(-c2nc(-n3c4cccc5c4c4c6c(cccc6ccc43)-c3ccccc3-5)nc3c2ccc2ccccc23)cc1.c1ccc2c(-c3ccc4c(c3)oc3ccccc34)nc(-n3c4cccc5c6ccccc6n6c7ccccc7c7ccc3c(c54)c76)nc2c1. The lowest BCUT2D eigenvalue weighted by Gasteiger charge is -2.15. The molecule has 670 valence electrons. The summed E-state index contributed by atoms with van der Waals surface area (Å²) in [6.07, 6.45) is 0. The summed E-state index contributed by atoms with van der Waals surface area (Å²) in [5.41, 5.74) is 34.1. The molecule has 0 spiro atoms. The molecule has 22 aromatic carbocycles. The van der Waals surface area contributed by atoms with E-state index in [1.165, 1.54) is 153 Å². The molecule has 33 rings (SSSR count). The first-order chi connectivity index (χ1) is 71.9. The molecular weight excluding hydrogens is 1770 g/mol. The highest BCUT2D eigenvalue weighted by molar-refractivity contribution is 6.35. The molecule has 0 amide bonds. The molecule has 2 aliphatic rings. The Morgan fingerprint density at radius 2 is 0.538 bits per heavy atom. The van der Waals surface area contributed by atoms with Gasteiger partial charge in [0.05, 0.1) is 72.1 Å². The zero-order valence-corrected chi connectivity index (χ0v) is 77.8. The van der Waals surface area contributed by atoms with Crippen LogP contribution in [0.1, 0.15) is 0 Å². The highest BCUT2D eigenvalue weighted by atomic mass is 16.3. The molecule has 145 heavy (non-hydrogen) atoms. The van der Waals surface area contributed by atoms with Gasteiger partial charge < -0.3 is 8.82 Å². The number of rotatable bonds is 9. The Labute approximate surface area is 828 Å². The molecule has 0 unspecified atom stereocenters. The van der Waals surface area contributed by atoms with E-state index in [1.807, 2.05) is 30.3 Å². The topological polar surface area (TPSA) is 123 Å². The van der Waals surface area contributed by atoms with Gasteiger partial charge in [0.15, 0.2) is 11.6 Å². The first-order valence-electron chi connectivity index (χ1n) is 49.2. The van der Waals surface area contributed by atoms with Crippen LogP contribution >= 0.6 is 0 Å². The number of benzene rings is 22. The summed E-state index contributed by atoms with van der Waals surface area (Å²) in [4.78, 5) is 37.1. The highest BCUT2D eigenvalue weighted by Crippen LogP contribution is 2.54. The van der Waals surface area contributed by atoms with Crippen molar-refractivity contribution in [2.45, 2.75) is 0 Å². The number of hydrogen-bond donors (Lipinski definition) is 0. The maximum Gasteiger partial charge on any atom is 0.238 e. The molecule has 12 heteroatoms. The normalized spacial score (nSPS) is 12.1. The van der Waals surface area contributed by atoms with Crippen molar-refractivity contribution in [2.75, 3.05) is 0 Å². The Morgan fingerprint density at radius 3 is 1.12 bits per heavy atom. The maximum absolute atomic E-state index is 6.32. The molecule has 0 saturated carbocycles. The lowest BCUT2D eigenvalue weighted by atomic mass is 9.93. The molecular formula is C133H77N11O. The first-order valence-corrected chi connectivity index (χ1v) is 49.2. The van der Waals surface area contributed by atoms with Crippen LogP contribution in [0.15, 0.2) is 472 Å². The third-order valence-electron chi connectivity index (χ3n) is 30.2. The monoisotopic (exact) mass is 1840 g/mol. The second-order valence-corrected chi connectivity index (χ2v) is 37.9. The zero-order valence-electron chi connectivity index (χ0n) is 77.8. The lowest BCUT2D eigenvalue weighted by molar-refractivity contribution is 0.669. The summed E-state index contributed by atoms with van der Waals surface area (Å²) in [7, 11) is 0. The minimum absolute atomic E-state index is 0.590. The Balaban J connectivity index is 0.0000000995. The number of nitrogens with zero attached hydrogens (tertiary/aromatic N) is 11. The van der Waals surface area contributed by atoms with Gasteiger partial charge in [0.25, 0.3) is 0 Å². The molecule has 9 aromatic heterocycles. The van der Waals surface area contributed by atoms with Gasteiger partial charge in [-0.2, -0.15) is 9.97 Å². The van der Waals surface area contributed by atoms with Crippen LogP contribution in [0.4, 0.5) is 0 Å². The summed E-state index contributed by atoms with van der Waals surface area (Å²) < 4.78 is 15.6. The molecule has 31 aromatic rings. The van der Waals surface area contributed by atoms with E-state index in [9.17, 15) is 0 Å². The van der Waals surface area contributed by atoms with Gasteiger partial charge in [-0.05, 0) is 178 Å². The van der Waals surface area contributed by atoms with Crippen LogP contribution in [0.2, 0.25) is 0 Å². The standard InChI is InChI=1S/C49H30N4.C44H24N4O.C40H23N3/c1-3-11-31(12-4-1)33-21-25-36(26-22-33)47-50-48(37-27-23-34(24-28-37)32-13-5-2-6-14-32)52-49(51-47)53-42-20-10-19-41-39-17-8-7-16-38(39)40-18-9-15-35-29-30-43(53)46(44(35)40)45(41)42;1-5-15-33-32(13-1)42(25-20-21-29-28-12-4-8-19-38(28)49-39(29)24-25)46-44(45-33)48-36-18-9-14-30-26-10-2-6-16-34(26)47-35-17-7-3-11-27(35)31-22-23-37(48)41(40(30)36)43(31)47;1-2-11-26(12-3-1)38-32-22-20-24-10-4-5-14-27(24)39(32)42-40(41-38)43-33-19-9-18-31-29-16-7-6-15-28(29)30-17-8-13-25-21-23-34(43)37(35(25)30)36(31)33/h1-30H;1-24H;1-23H. The van der Waals surface area contributed by atoms with E-state index >= 15 is 0 Å². The van der Waals surface area contributed by atoms with Crippen molar-refractivity contribution in [1.82, 2.24) is 53.0 Å². The predicted octanol–water partition coefficient (Wildman–Crippen LogP) is 34.2. The fraction of sp³-hybridized carbons (Fsp3) is 0. The minimum atomic E-state index is 0.590. The van der Waals surface area contributed by atoms with Crippen molar-refractivity contribution in [2.24, 2.45) is 0 Å². The molecule has 0 fully saturated rings. The Hall–Kier alpha value is -19.7. The highest BCUT2D eigenvalue weighted by Gasteiger charge is 2.32. The second kappa shape index (κ2) is 31.4. The number of aromatic nitrogens is 11. The van der Waals surface area contributed by atoms with Crippen molar-refractivity contribution in [1.29, 1.82) is 0 Å². The van der Waals surface area contributed by atoms with Gasteiger partial charge in [-0.25, -0.2) is 24.9 Å². The summed E-state index contributed by atoms with van der Waals surface area (Å²) >= 11 is 0. The molecule has 0 radical (unpaired) electrons. The number of furan rings is 1. The van der Waals surface area contributed by atoms with Gasteiger partial charge >= 0.3 is 0 Å². The lowest BCUT2D eigenvalue weighted by Crippen LogP contribution is -2.06. The Kier molecular flexibility index (Phi) is 17.4. The smallest absolute Gasteiger partial charge is 0.238 e. The third kappa shape index (κ3) is 12.1. The van der Waals surface area contributed by atoms with E-state index < -0.39 is 0 Å². The first kappa shape index (κ1) is 80.3. The van der Waals surface area contributed by atoms with Crippen LogP contribution in [0.5, 0.6) is 0 Å². The molecule has 0 N–H and O–H groups in total. The van der Waals surface area contributed by atoms with E-state index in [-0.39, 0.29) is 0 Å². The van der Waals surface area contributed by atoms with Crippen molar-refractivity contribution in [3.05, 3.63) is 467 Å². The molecule has 0 saturated heterocycles. The van der Waals surface area contributed by atoms with Crippen molar-refractivity contribution >= 4 is 180 Å². The van der Waals surface area contributed by atoms with Gasteiger partial charge in [0.1, 0.15) is 11.2 Å². The molecule has 2 aliphatic carbocycles. The Bertz CT molecular complexity index is 10800. The fourth-order valence-electron chi connectivity index (χ4n) is 23.9. The van der Waals surface area contributed by atoms with Gasteiger partial charge in [0, 0.05) is 97.7 Å². The van der Waals surface area contributed by atoms with Gasteiger partial charge in [-0.15, -0.1) is 0 Å². The quantitative estimate of drug-likeness (QED) is 0.131. The van der Waals surface area contributed by atoms with Crippen LogP contribution in [-0.2, 0) is 0 Å². The minimum Gasteiger partial charge on any atom is -0.456 e. The fourth-order valence-corrected chi connectivity index (χ4v) is 23.9. The Morgan fingerprint density at radius 1 is 0.172 bits per heavy atom. The molecule has 0 bridgehead atoms. The molecule has 0 atom stereocenters. The average Bonchev–Trinajstić information content (AvgIpc) is 1.52. The number of fused-ring (bicyclic) bond motifs is 19. The predicted molar refractivity (Wildman–Crippen MR) is 598 cm³/mol. The second-order valence-electron chi connectivity index (χ2n) is 37.9. The van der Waals surface area contributed by atoms with Crippen LogP contribution in [0.25, 0.3) is 309 Å². The van der Waals surface area contributed by atoms with E-state index in [2.05, 4.69) is 455 Å².